The Kier molecular flexibility index (Phi) is 8.26. The van der Waals surface area contributed by atoms with Gasteiger partial charge in [0.2, 0.25) is 0 Å². The number of ketones is 1. The van der Waals surface area contributed by atoms with Crippen LogP contribution in [0.3, 0.4) is 0 Å². The van der Waals surface area contributed by atoms with Gasteiger partial charge in [-0.05, 0) is 111 Å². The molecule has 6 nitrogen and oxygen atoms in total. The molecular formula is C27H40N2O4S. The van der Waals surface area contributed by atoms with Crippen LogP contribution in [0.25, 0.3) is 0 Å². The quantitative estimate of drug-likeness (QED) is 0.296. The van der Waals surface area contributed by atoms with Gasteiger partial charge in [0.05, 0.1) is 12.1 Å². The average molecular weight is 489 g/mol. The molecule has 0 aromatic heterocycles. The number of hydrogen-bond acceptors (Lipinski definition) is 6. The van der Waals surface area contributed by atoms with Gasteiger partial charge in [0, 0.05) is 6.54 Å². The van der Waals surface area contributed by atoms with Gasteiger partial charge in [-0.2, -0.15) is 0 Å². The topological polar surface area (TPSA) is 87.7 Å². The van der Waals surface area contributed by atoms with Crippen LogP contribution in [-0.4, -0.2) is 42.1 Å². The molecule has 1 aromatic rings. The summed E-state index contributed by atoms with van der Waals surface area (Å²) in [5.74, 6) is 2.61. The third-order valence-electron chi connectivity index (χ3n) is 8.91. The summed E-state index contributed by atoms with van der Waals surface area (Å²) in [6.07, 6.45) is 8.83. The summed E-state index contributed by atoms with van der Waals surface area (Å²) in [6, 6.07) is 6.12. The highest BCUT2D eigenvalue weighted by atomic mass is 32.1. The Labute approximate surface area is 209 Å². The Morgan fingerprint density at radius 2 is 2.06 bits per heavy atom. The van der Waals surface area contributed by atoms with Crippen molar-refractivity contribution in [1.29, 1.82) is 0 Å². The highest BCUT2D eigenvalue weighted by Gasteiger charge is 2.54. The molecule has 6 atom stereocenters. The number of nitrogens with one attached hydrogen (secondary N) is 2. The van der Waals surface area contributed by atoms with E-state index in [9.17, 15) is 14.7 Å². The van der Waals surface area contributed by atoms with Crippen molar-refractivity contribution in [3.63, 3.8) is 0 Å². The van der Waals surface area contributed by atoms with Crippen LogP contribution in [0.2, 0.25) is 0 Å². The molecule has 0 heterocycles. The standard InChI is InChI=1S/C27H40N2O4S/c1-17(30)24(29-34)5-3-4-14-28-26(32)16-33-19-7-9-20-18(15-19)6-8-22-21(20)12-13-27(2)23(22)10-11-25(27)31/h7,9,15,21-25,29,31,34H,3-6,8,10-14,16H2,1-2H3,(H,28,32)/t21?,22?,23?,24-,25?,27?/m0/s1. The maximum atomic E-state index is 12.2. The molecule has 1 amide bonds. The Balaban J connectivity index is 1.24. The zero-order valence-corrected chi connectivity index (χ0v) is 21.4. The number of amides is 1. The molecule has 3 N–H and O–H groups in total. The first-order valence-electron chi connectivity index (χ1n) is 12.9. The molecule has 0 spiro atoms. The molecule has 4 rings (SSSR count). The van der Waals surface area contributed by atoms with Crippen molar-refractivity contribution in [1.82, 2.24) is 10.0 Å². The molecule has 0 saturated heterocycles. The van der Waals surface area contributed by atoms with Gasteiger partial charge in [-0.3, -0.25) is 14.3 Å². The highest BCUT2D eigenvalue weighted by Crippen LogP contribution is 2.60. The van der Waals surface area contributed by atoms with Crippen LogP contribution in [0.1, 0.15) is 82.3 Å². The maximum Gasteiger partial charge on any atom is 0.257 e. The van der Waals surface area contributed by atoms with Crippen molar-refractivity contribution in [3.05, 3.63) is 29.3 Å². The van der Waals surface area contributed by atoms with E-state index in [0.717, 1.165) is 50.7 Å². The van der Waals surface area contributed by atoms with Crippen LogP contribution < -0.4 is 14.8 Å². The van der Waals surface area contributed by atoms with Crippen molar-refractivity contribution in [2.75, 3.05) is 13.2 Å². The molecule has 0 radical (unpaired) electrons. The van der Waals surface area contributed by atoms with E-state index < -0.39 is 0 Å². The smallest absolute Gasteiger partial charge is 0.257 e. The van der Waals surface area contributed by atoms with Gasteiger partial charge in [0.15, 0.2) is 6.61 Å². The number of thiol groups is 1. The predicted octanol–water partition coefficient (Wildman–Crippen LogP) is 3.96. The van der Waals surface area contributed by atoms with Crippen LogP contribution in [-0.2, 0) is 16.0 Å². The molecular weight excluding hydrogens is 448 g/mol. The number of aliphatic hydroxyl groups excluding tert-OH is 1. The molecule has 3 aliphatic carbocycles. The molecule has 2 fully saturated rings. The van der Waals surface area contributed by atoms with Gasteiger partial charge in [-0.25, -0.2) is 0 Å². The first-order chi connectivity index (χ1) is 16.3. The Bertz CT molecular complexity index is 893. The molecule has 34 heavy (non-hydrogen) atoms. The highest BCUT2D eigenvalue weighted by molar-refractivity contribution is 7.78. The minimum atomic E-state index is -0.232. The number of fused-ring (bicyclic) bond motifs is 5. The van der Waals surface area contributed by atoms with Gasteiger partial charge < -0.3 is 15.2 Å². The number of unbranched alkanes of at least 4 members (excludes halogenated alkanes) is 1. The number of rotatable bonds is 10. The number of hydrogen-bond donors (Lipinski definition) is 4. The van der Waals surface area contributed by atoms with Gasteiger partial charge >= 0.3 is 0 Å². The second-order valence-corrected chi connectivity index (χ2v) is 11.1. The molecule has 1 aromatic carbocycles. The zero-order chi connectivity index (χ0) is 24.3. The minimum Gasteiger partial charge on any atom is -0.484 e. The molecule has 0 bridgehead atoms. The number of Topliss-reactive ketones (excluding diaryl/α,β-unsaturated/α-hetero) is 1. The van der Waals surface area contributed by atoms with E-state index in [2.05, 4.69) is 41.9 Å². The monoisotopic (exact) mass is 488 g/mol. The SMILES string of the molecule is CC(=O)[C@H](CCCCNC(=O)COc1ccc2c(c1)CCC1C2CCC2(C)C(O)CCC12)NS. The zero-order valence-electron chi connectivity index (χ0n) is 20.5. The van der Waals surface area contributed by atoms with Crippen LogP contribution in [0.5, 0.6) is 5.75 Å². The molecule has 5 unspecified atom stereocenters. The number of carbonyl (C=O) groups excluding carboxylic acids is 2. The van der Waals surface area contributed by atoms with Crippen molar-refractivity contribution in [2.45, 2.75) is 89.7 Å². The number of carbonyl (C=O) groups is 2. The van der Waals surface area contributed by atoms with E-state index in [1.54, 1.807) is 6.92 Å². The molecule has 2 saturated carbocycles. The lowest BCUT2D eigenvalue weighted by Gasteiger charge is -2.50. The molecule has 7 heteroatoms. The van der Waals surface area contributed by atoms with Crippen molar-refractivity contribution < 1.29 is 19.4 Å². The third-order valence-corrected chi connectivity index (χ3v) is 9.22. The van der Waals surface area contributed by atoms with E-state index in [1.807, 2.05) is 6.07 Å². The summed E-state index contributed by atoms with van der Waals surface area (Å²) in [6.45, 7) is 4.45. The van der Waals surface area contributed by atoms with Crippen molar-refractivity contribution in [3.8, 4) is 5.75 Å². The predicted molar refractivity (Wildman–Crippen MR) is 136 cm³/mol. The number of aliphatic hydroxyl groups is 1. The van der Waals surface area contributed by atoms with E-state index >= 15 is 0 Å². The summed E-state index contributed by atoms with van der Waals surface area (Å²) < 4.78 is 8.52. The number of ether oxygens (including phenoxy) is 1. The molecule has 3 aliphatic rings. The average Bonchev–Trinajstić information content (AvgIpc) is 3.13. The fourth-order valence-electron chi connectivity index (χ4n) is 6.88. The van der Waals surface area contributed by atoms with Gasteiger partial charge in [-0.15, -0.1) is 0 Å². The summed E-state index contributed by atoms with van der Waals surface area (Å²) >= 11 is 3.98. The van der Waals surface area contributed by atoms with E-state index in [0.29, 0.717) is 30.7 Å². The first kappa shape index (κ1) is 25.5. The van der Waals surface area contributed by atoms with Crippen molar-refractivity contribution >= 4 is 24.5 Å². The summed E-state index contributed by atoms with van der Waals surface area (Å²) in [5.41, 5.74) is 2.92. The fraction of sp³-hybridized carbons (Fsp3) is 0.704. The third kappa shape index (κ3) is 5.31. The second kappa shape index (κ2) is 11.0. The normalized spacial score (nSPS) is 30.6. The van der Waals surface area contributed by atoms with E-state index in [1.165, 1.54) is 17.5 Å². The van der Waals surface area contributed by atoms with Crippen LogP contribution >= 0.6 is 12.8 Å². The minimum absolute atomic E-state index is 0.0113. The summed E-state index contributed by atoms with van der Waals surface area (Å²) in [7, 11) is 0. The molecule has 188 valence electrons. The van der Waals surface area contributed by atoms with Crippen LogP contribution in [0.15, 0.2) is 18.2 Å². The Morgan fingerprint density at radius 1 is 1.24 bits per heavy atom. The van der Waals surface area contributed by atoms with Crippen molar-refractivity contribution in [2.24, 2.45) is 17.3 Å². The molecule has 0 aliphatic heterocycles. The van der Waals surface area contributed by atoms with Gasteiger partial charge in [0.25, 0.3) is 5.91 Å². The second-order valence-electron chi connectivity index (χ2n) is 10.8. The number of benzene rings is 1. The lowest BCUT2D eigenvalue weighted by Crippen LogP contribution is -2.43. The largest absolute Gasteiger partial charge is 0.484 e. The lowest BCUT2D eigenvalue weighted by atomic mass is 9.55. The van der Waals surface area contributed by atoms with E-state index in [-0.39, 0.29) is 35.9 Å². The summed E-state index contributed by atoms with van der Waals surface area (Å²) in [4.78, 5) is 23.6. The lowest BCUT2D eigenvalue weighted by molar-refractivity contribution is -0.123. The van der Waals surface area contributed by atoms with Crippen LogP contribution in [0.4, 0.5) is 0 Å². The first-order valence-corrected chi connectivity index (χ1v) is 13.4. The number of aryl methyl sites for hydroxylation is 1. The maximum absolute atomic E-state index is 12.2. The fourth-order valence-corrected chi connectivity index (χ4v) is 7.19. The Morgan fingerprint density at radius 3 is 2.82 bits per heavy atom. The van der Waals surface area contributed by atoms with Gasteiger partial charge in [0.1, 0.15) is 11.5 Å². The van der Waals surface area contributed by atoms with E-state index in [4.69, 9.17) is 4.74 Å². The Hall–Kier alpha value is -1.57. The van der Waals surface area contributed by atoms with Gasteiger partial charge in [-0.1, -0.05) is 25.8 Å². The summed E-state index contributed by atoms with van der Waals surface area (Å²) in [5, 5.41) is 13.5. The van der Waals surface area contributed by atoms with Crippen LogP contribution in [0, 0.1) is 17.3 Å².